The minimum Gasteiger partial charge on any atom is -0.377 e. The highest BCUT2D eigenvalue weighted by atomic mass is 32.2. The molecule has 6 heteroatoms. The van der Waals surface area contributed by atoms with Crippen LogP contribution in [0.2, 0.25) is 0 Å². The lowest BCUT2D eigenvalue weighted by Gasteiger charge is -2.15. The Kier molecular flexibility index (Phi) is 5.35. The summed E-state index contributed by atoms with van der Waals surface area (Å²) in [5, 5.41) is 0. The van der Waals surface area contributed by atoms with Crippen LogP contribution < -0.4 is 5.73 Å². The molecule has 0 spiro atoms. The molecular weight excluding hydrogens is 287 g/mol. The predicted octanol–water partition coefficient (Wildman–Crippen LogP) is 3.48. The standard InChI is InChI=1S/C14H18F3NOS/c15-14(16,17)13-8-12(4-3-10(13)5-6-18)20-9-11-2-1-7-19-11/h3-4,8,11H,1-2,5-7,9,18H2. The lowest BCUT2D eigenvalue weighted by molar-refractivity contribution is -0.138. The lowest BCUT2D eigenvalue weighted by Crippen LogP contribution is -2.13. The van der Waals surface area contributed by atoms with Crippen molar-refractivity contribution in [1.29, 1.82) is 0 Å². The molecule has 112 valence electrons. The largest absolute Gasteiger partial charge is 0.416 e. The zero-order valence-corrected chi connectivity index (χ0v) is 11.9. The molecule has 20 heavy (non-hydrogen) atoms. The van der Waals surface area contributed by atoms with Crippen molar-refractivity contribution < 1.29 is 17.9 Å². The third-order valence-corrected chi connectivity index (χ3v) is 4.39. The Hall–Kier alpha value is -0.720. The number of rotatable bonds is 5. The zero-order valence-electron chi connectivity index (χ0n) is 11.1. The van der Waals surface area contributed by atoms with E-state index in [4.69, 9.17) is 10.5 Å². The van der Waals surface area contributed by atoms with Crippen LogP contribution in [0.4, 0.5) is 13.2 Å². The van der Waals surface area contributed by atoms with Crippen LogP contribution in [0.15, 0.2) is 23.1 Å². The summed E-state index contributed by atoms with van der Waals surface area (Å²) < 4.78 is 44.5. The molecule has 1 heterocycles. The molecule has 1 aromatic rings. The normalized spacial score (nSPS) is 19.5. The fourth-order valence-electron chi connectivity index (χ4n) is 2.25. The first-order valence-corrected chi connectivity index (χ1v) is 7.64. The Bertz CT molecular complexity index is 445. The van der Waals surface area contributed by atoms with Crippen molar-refractivity contribution in [2.45, 2.75) is 36.4 Å². The van der Waals surface area contributed by atoms with Crippen molar-refractivity contribution in [3.05, 3.63) is 29.3 Å². The van der Waals surface area contributed by atoms with E-state index >= 15 is 0 Å². The molecule has 1 unspecified atom stereocenters. The van der Waals surface area contributed by atoms with E-state index in [1.807, 2.05) is 0 Å². The Morgan fingerprint density at radius 2 is 2.15 bits per heavy atom. The highest BCUT2D eigenvalue weighted by molar-refractivity contribution is 7.99. The average molecular weight is 305 g/mol. The van der Waals surface area contributed by atoms with Crippen LogP contribution in [-0.4, -0.2) is 25.0 Å². The summed E-state index contributed by atoms with van der Waals surface area (Å²) >= 11 is 1.42. The molecule has 2 N–H and O–H groups in total. The van der Waals surface area contributed by atoms with Crippen molar-refractivity contribution in [2.24, 2.45) is 5.73 Å². The molecule has 1 fully saturated rings. The first-order chi connectivity index (χ1) is 9.50. The van der Waals surface area contributed by atoms with Crippen LogP contribution >= 0.6 is 11.8 Å². The van der Waals surface area contributed by atoms with Crippen LogP contribution in [0.25, 0.3) is 0 Å². The zero-order chi connectivity index (χ0) is 14.6. The summed E-state index contributed by atoms with van der Waals surface area (Å²) in [6.07, 6.45) is -1.90. The molecule has 1 aromatic carbocycles. The van der Waals surface area contributed by atoms with E-state index in [1.165, 1.54) is 23.9 Å². The van der Waals surface area contributed by atoms with Gasteiger partial charge < -0.3 is 10.5 Å². The summed E-state index contributed by atoms with van der Waals surface area (Å²) in [6.45, 7) is 0.972. The fourth-order valence-corrected chi connectivity index (χ4v) is 3.25. The molecule has 1 saturated heterocycles. The second-order valence-corrected chi connectivity index (χ2v) is 5.89. The molecule has 0 aliphatic carbocycles. The highest BCUT2D eigenvalue weighted by Crippen LogP contribution is 2.35. The lowest BCUT2D eigenvalue weighted by atomic mass is 10.0. The van der Waals surface area contributed by atoms with E-state index in [1.54, 1.807) is 6.07 Å². The molecule has 2 nitrogen and oxygen atoms in total. The molecule has 1 aliphatic heterocycles. The second-order valence-electron chi connectivity index (χ2n) is 4.80. The molecule has 1 atom stereocenters. The second kappa shape index (κ2) is 6.83. The van der Waals surface area contributed by atoms with Crippen LogP contribution in [0, 0.1) is 0 Å². The molecule has 0 aromatic heterocycles. The maximum Gasteiger partial charge on any atom is 0.416 e. The molecule has 0 amide bonds. The van der Waals surface area contributed by atoms with Gasteiger partial charge in [0.05, 0.1) is 11.7 Å². The van der Waals surface area contributed by atoms with E-state index in [0.717, 1.165) is 19.4 Å². The van der Waals surface area contributed by atoms with Gasteiger partial charge in [-0.1, -0.05) is 6.07 Å². The maximum atomic E-state index is 13.0. The molecule has 0 radical (unpaired) electrons. The van der Waals surface area contributed by atoms with Gasteiger partial charge in [0, 0.05) is 17.3 Å². The SMILES string of the molecule is NCCc1ccc(SCC2CCCO2)cc1C(F)(F)F. The van der Waals surface area contributed by atoms with Gasteiger partial charge in [-0.15, -0.1) is 11.8 Å². The maximum absolute atomic E-state index is 13.0. The van der Waals surface area contributed by atoms with Crippen LogP contribution in [0.5, 0.6) is 0 Å². The molecule has 0 bridgehead atoms. The number of thioether (sulfide) groups is 1. The van der Waals surface area contributed by atoms with Gasteiger partial charge in [-0.3, -0.25) is 0 Å². The summed E-state index contributed by atoms with van der Waals surface area (Å²) in [7, 11) is 0. The molecule has 1 aliphatic rings. The van der Waals surface area contributed by atoms with E-state index < -0.39 is 11.7 Å². The van der Waals surface area contributed by atoms with E-state index in [0.29, 0.717) is 10.6 Å². The van der Waals surface area contributed by atoms with Crippen LogP contribution in [0.3, 0.4) is 0 Å². The topological polar surface area (TPSA) is 35.2 Å². The Labute approximate surface area is 120 Å². The summed E-state index contributed by atoms with van der Waals surface area (Å²) in [6, 6.07) is 4.50. The molecular formula is C14H18F3NOS. The minimum absolute atomic E-state index is 0.165. The van der Waals surface area contributed by atoms with Gasteiger partial charge >= 0.3 is 6.18 Å². The summed E-state index contributed by atoms with van der Waals surface area (Å²) in [4.78, 5) is 0.633. The predicted molar refractivity (Wildman–Crippen MR) is 73.9 cm³/mol. The smallest absolute Gasteiger partial charge is 0.377 e. The first kappa shape index (κ1) is 15.7. The number of nitrogens with two attached hydrogens (primary N) is 1. The van der Waals surface area contributed by atoms with Crippen molar-refractivity contribution in [1.82, 2.24) is 0 Å². The van der Waals surface area contributed by atoms with Gasteiger partial charge in [-0.05, 0) is 43.5 Å². The number of hydrogen-bond donors (Lipinski definition) is 1. The van der Waals surface area contributed by atoms with Crippen molar-refractivity contribution in [2.75, 3.05) is 18.9 Å². The van der Waals surface area contributed by atoms with Gasteiger partial charge in [-0.2, -0.15) is 13.2 Å². The number of hydrogen-bond acceptors (Lipinski definition) is 3. The first-order valence-electron chi connectivity index (χ1n) is 6.65. The number of halogens is 3. The number of benzene rings is 1. The van der Waals surface area contributed by atoms with Gasteiger partial charge in [0.2, 0.25) is 0 Å². The summed E-state index contributed by atoms with van der Waals surface area (Å²) in [5.74, 6) is 0.702. The van der Waals surface area contributed by atoms with Gasteiger partial charge in [-0.25, -0.2) is 0 Å². The third-order valence-electron chi connectivity index (χ3n) is 3.26. The quantitative estimate of drug-likeness (QED) is 0.846. The van der Waals surface area contributed by atoms with Crippen molar-refractivity contribution in [3.63, 3.8) is 0 Å². The molecule has 2 rings (SSSR count). The van der Waals surface area contributed by atoms with Gasteiger partial charge in [0.15, 0.2) is 0 Å². The van der Waals surface area contributed by atoms with Crippen molar-refractivity contribution >= 4 is 11.8 Å². The van der Waals surface area contributed by atoms with Crippen LogP contribution in [-0.2, 0) is 17.3 Å². The molecule has 0 saturated carbocycles. The number of alkyl halides is 3. The summed E-state index contributed by atoms with van der Waals surface area (Å²) in [5.41, 5.74) is 5.06. The fraction of sp³-hybridized carbons (Fsp3) is 0.571. The highest BCUT2D eigenvalue weighted by Gasteiger charge is 2.33. The van der Waals surface area contributed by atoms with E-state index in [9.17, 15) is 13.2 Å². The Morgan fingerprint density at radius 3 is 2.75 bits per heavy atom. The van der Waals surface area contributed by atoms with E-state index in [2.05, 4.69) is 0 Å². The van der Waals surface area contributed by atoms with Gasteiger partial charge in [0.1, 0.15) is 0 Å². The Balaban J connectivity index is 2.09. The monoisotopic (exact) mass is 305 g/mol. The van der Waals surface area contributed by atoms with Crippen molar-refractivity contribution in [3.8, 4) is 0 Å². The minimum atomic E-state index is -4.33. The average Bonchev–Trinajstić information content (AvgIpc) is 2.90. The van der Waals surface area contributed by atoms with Crippen LogP contribution in [0.1, 0.15) is 24.0 Å². The third kappa shape index (κ3) is 4.14. The van der Waals surface area contributed by atoms with Gasteiger partial charge in [0.25, 0.3) is 0 Å². The number of ether oxygens (including phenoxy) is 1. The Morgan fingerprint density at radius 1 is 1.35 bits per heavy atom. The van der Waals surface area contributed by atoms with E-state index in [-0.39, 0.29) is 24.6 Å².